The lowest BCUT2D eigenvalue weighted by Crippen LogP contribution is -2.73. The highest BCUT2D eigenvalue weighted by molar-refractivity contribution is 5.12. The molecule has 0 aromatic carbocycles. The van der Waals surface area contributed by atoms with Gasteiger partial charge in [0.1, 0.15) is 0 Å². The molecule has 0 radical (unpaired) electrons. The maximum atomic E-state index is 10.8. The molecule has 1 N–H and O–H groups in total. The molecule has 0 amide bonds. The van der Waals surface area contributed by atoms with Crippen LogP contribution < -0.4 is 0 Å². The van der Waals surface area contributed by atoms with Gasteiger partial charge in [-0.1, -0.05) is 6.92 Å². The smallest absolute Gasteiger partial charge is 0.201 e. The summed E-state index contributed by atoms with van der Waals surface area (Å²) in [6, 6.07) is 0. The quantitative estimate of drug-likeness (QED) is 0.689. The molecule has 4 saturated heterocycles. The molecule has 1 aliphatic carbocycles. The predicted molar refractivity (Wildman–Crippen MR) is 69.4 cm³/mol. The molecule has 5 nitrogen and oxygen atoms in total. The van der Waals surface area contributed by atoms with Crippen molar-refractivity contribution in [2.75, 3.05) is 6.61 Å². The van der Waals surface area contributed by atoms with Crippen molar-refractivity contribution in [1.82, 2.24) is 0 Å². The maximum absolute atomic E-state index is 10.8. The van der Waals surface area contributed by atoms with Gasteiger partial charge in [0.15, 0.2) is 11.9 Å². The van der Waals surface area contributed by atoms with Crippen LogP contribution in [0.25, 0.3) is 0 Å². The Bertz CT molecular complexity index is 424. The molecule has 114 valence electrons. The molecular weight excluding hydrogens is 260 g/mol. The van der Waals surface area contributed by atoms with E-state index < -0.39 is 23.3 Å². The van der Waals surface area contributed by atoms with Crippen LogP contribution in [0.3, 0.4) is 0 Å². The van der Waals surface area contributed by atoms with Gasteiger partial charge in [0.25, 0.3) is 0 Å². The molecule has 1 spiro atoms. The minimum Gasteiger partial charge on any atom is -0.387 e. The van der Waals surface area contributed by atoms with Gasteiger partial charge in [0, 0.05) is 12.3 Å². The van der Waals surface area contributed by atoms with Crippen molar-refractivity contribution in [3.63, 3.8) is 0 Å². The lowest BCUT2D eigenvalue weighted by molar-refractivity contribution is -0.571. The fraction of sp³-hybridized carbons (Fsp3) is 1.00. The molecule has 0 aromatic rings. The fourth-order valence-corrected chi connectivity index (χ4v) is 4.89. The molecule has 20 heavy (non-hydrogen) atoms. The maximum Gasteiger partial charge on any atom is 0.201 e. The second-order valence-electron chi connectivity index (χ2n) is 7.52. The monoisotopic (exact) mass is 284 g/mol. The molecule has 2 unspecified atom stereocenters. The van der Waals surface area contributed by atoms with Crippen LogP contribution in [0.1, 0.15) is 46.5 Å². The molecule has 4 heterocycles. The summed E-state index contributed by atoms with van der Waals surface area (Å²) in [5, 5.41) is 10.8. The number of hydrogen-bond acceptors (Lipinski definition) is 5. The Balaban J connectivity index is 1.83. The highest BCUT2D eigenvalue weighted by Crippen LogP contribution is 2.60. The zero-order chi connectivity index (χ0) is 14.2. The third-order valence-electron chi connectivity index (χ3n) is 6.00. The minimum absolute atomic E-state index is 0.00222. The normalized spacial score (nSPS) is 61.8. The van der Waals surface area contributed by atoms with E-state index in [0.29, 0.717) is 18.4 Å². The Labute approximate surface area is 119 Å². The van der Waals surface area contributed by atoms with Crippen LogP contribution in [0, 0.1) is 17.8 Å². The standard InChI is InChI=1S/C15H24O5/c1-9-4-5-11-13(2,16)8-17-12-15(11)10(9)6-7-14(3,18-12)19-20-15/h9-12,16H,4-8H2,1-3H3/t9-,10+,11?,12-,13+,14?,15-/m1/s1. The average Bonchev–Trinajstić information content (AvgIpc) is 2.61. The lowest BCUT2D eigenvalue weighted by atomic mass is 9.57. The van der Waals surface area contributed by atoms with Crippen molar-refractivity contribution in [1.29, 1.82) is 0 Å². The zero-order valence-electron chi connectivity index (χ0n) is 12.4. The van der Waals surface area contributed by atoms with Gasteiger partial charge in [-0.3, -0.25) is 0 Å². The van der Waals surface area contributed by atoms with Gasteiger partial charge >= 0.3 is 0 Å². The molecule has 5 rings (SSSR count). The van der Waals surface area contributed by atoms with Crippen molar-refractivity contribution in [3.8, 4) is 0 Å². The summed E-state index contributed by atoms with van der Waals surface area (Å²) in [5.74, 6) is 0.111. The Morgan fingerprint density at radius 2 is 1.90 bits per heavy atom. The topological polar surface area (TPSA) is 57.2 Å². The summed E-state index contributed by atoms with van der Waals surface area (Å²) in [7, 11) is 0. The highest BCUT2D eigenvalue weighted by atomic mass is 17.3. The van der Waals surface area contributed by atoms with E-state index in [2.05, 4.69) is 6.92 Å². The molecule has 5 fully saturated rings. The Morgan fingerprint density at radius 1 is 1.10 bits per heavy atom. The van der Waals surface area contributed by atoms with Crippen molar-refractivity contribution in [2.24, 2.45) is 17.8 Å². The largest absolute Gasteiger partial charge is 0.387 e. The molecule has 2 bridgehead atoms. The lowest BCUT2D eigenvalue weighted by Gasteiger charge is -2.60. The van der Waals surface area contributed by atoms with Gasteiger partial charge in [-0.15, -0.1) is 0 Å². The second-order valence-corrected chi connectivity index (χ2v) is 7.52. The van der Waals surface area contributed by atoms with Crippen molar-refractivity contribution >= 4 is 0 Å². The van der Waals surface area contributed by atoms with Gasteiger partial charge in [-0.05, 0) is 44.9 Å². The van der Waals surface area contributed by atoms with Crippen LogP contribution in [0.2, 0.25) is 0 Å². The van der Waals surface area contributed by atoms with Crippen molar-refractivity contribution in [3.05, 3.63) is 0 Å². The first-order valence-electron chi connectivity index (χ1n) is 7.76. The number of hydrogen-bond donors (Lipinski definition) is 1. The second kappa shape index (κ2) is 3.96. The third-order valence-corrected chi connectivity index (χ3v) is 6.00. The van der Waals surface area contributed by atoms with Gasteiger partial charge in [-0.25, -0.2) is 9.78 Å². The van der Waals surface area contributed by atoms with E-state index in [1.54, 1.807) is 0 Å². The summed E-state index contributed by atoms with van der Waals surface area (Å²) in [4.78, 5) is 11.6. The summed E-state index contributed by atoms with van der Waals surface area (Å²) in [5.41, 5.74) is -1.55. The molecule has 5 heteroatoms. The molecule has 1 saturated carbocycles. The number of aliphatic hydroxyl groups is 1. The van der Waals surface area contributed by atoms with Crippen LogP contribution in [-0.4, -0.2) is 35.0 Å². The Hall–Kier alpha value is -0.200. The Kier molecular flexibility index (Phi) is 2.66. The van der Waals surface area contributed by atoms with Crippen LogP contribution in [0.4, 0.5) is 0 Å². The molecule has 0 aromatic heterocycles. The van der Waals surface area contributed by atoms with Crippen LogP contribution in [0.15, 0.2) is 0 Å². The van der Waals surface area contributed by atoms with Gasteiger partial charge in [-0.2, -0.15) is 0 Å². The first-order chi connectivity index (χ1) is 9.37. The first kappa shape index (κ1) is 13.5. The van der Waals surface area contributed by atoms with E-state index in [4.69, 9.17) is 19.2 Å². The van der Waals surface area contributed by atoms with E-state index in [9.17, 15) is 5.11 Å². The summed E-state index contributed by atoms with van der Waals surface area (Å²) >= 11 is 0. The minimum atomic E-state index is -0.889. The van der Waals surface area contributed by atoms with Crippen molar-refractivity contribution < 1.29 is 24.4 Å². The van der Waals surface area contributed by atoms with Gasteiger partial charge in [0.2, 0.25) is 5.79 Å². The van der Waals surface area contributed by atoms with Crippen molar-refractivity contribution in [2.45, 2.75) is 69.7 Å². The molecule has 7 atom stereocenters. The fourth-order valence-electron chi connectivity index (χ4n) is 4.89. The molecule has 5 aliphatic rings. The van der Waals surface area contributed by atoms with E-state index in [-0.39, 0.29) is 5.92 Å². The van der Waals surface area contributed by atoms with Gasteiger partial charge in [0.05, 0.1) is 12.2 Å². The number of ether oxygens (including phenoxy) is 2. The zero-order valence-corrected chi connectivity index (χ0v) is 12.4. The number of fused-ring (bicyclic) bond motifs is 2. The van der Waals surface area contributed by atoms with Crippen LogP contribution >= 0.6 is 0 Å². The predicted octanol–water partition coefficient (Wildman–Crippen LogP) is 1.98. The Morgan fingerprint density at radius 3 is 2.70 bits per heavy atom. The first-order valence-corrected chi connectivity index (χ1v) is 7.76. The number of rotatable bonds is 0. The van der Waals surface area contributed by atoms with Gasteiger partial charge < -0.3 is 14.6 Å². The van der Waals surface area contributed by atoms with E-state index >= 15 is 0 Å². The average molecular weight is 284 g/mol. The van der Waals surface area contributed by atoms with Crippen LogP contribution in [0.5, 0.6) is 0 Å². The SMILES string of the molecule is C[C@@H]1CCC2[C@]34OOC(C)(CC[C@@H]13)O[C@H]4OC[C@]2(C)O. The van der Waals surface area contributed by atoms with E-state index in [1.165, 1.54) is 0 Å². The molecule has 4 aliphatic heterocycles. The summed E-state index contributed by atoms with van der Waals surface area (Å²) in [6.07, 6.45) is 3.40. The molecular formula is C15H24O5. The summed E-state index contributed by atoms with van der Waals surface area (Å²) in [6.45, 7) is 6.32. The van der Waals surface area contributed by atoms with E-state index in [1.807, 2.05) is 13.8 Å². The third kappa shape index (κ3) is 1.56. The summed E-state index contributed by atoms with van der Waals surface area (Å²) < 4.78 is 12.0. The van der Waals surface area contributed by atoms with Crippen LogP contribution in [-0.2, 0) is 19.2 Å². The highest BCUT2D eigenvalue weighted by Gasteiger charge is 2.70. The van der Waals surface area contributed by atoms with E-state index in [0.717, 1.165) is 25.7 Å².